The number of benzene rings is 1. The van der Waals surface area contributed by atoms with Crippen molar-refractivity contribution in [1.82, 2.24) is 21.1 Å². The van der Waals surface area contributed by atoms with E-state index in [0.717, 1.165) is 31.4 Å². The third-order valence-electron chi connectivity index (χ3n) is 4.71. The molecule has 0 saturated carbocycles. The molecule has 0 spiro atoms. The molecule has 1 aromatic rings. The number of unbranched alkanes of at least 4 members (excludes halogenated alkanes) is 2. The van der Waals surface area contributed by atoms with Gasteiger partial charge in [0.25, 0.3) is 0 Å². The molecular weight excluding hydrogens is 319 g/mol. The Kier molecular flexibility index (Phi) is 7.81. The van der Waals surface area contributed by atoms with Gasteiger partial charge in [0.1, 0.15) is 5.82 Å². The van der Waals surface area contributed by atoms with Crippen LogP contribution in [0.15, 0.2) is 24.3 Å². The molecule has 0 bridgehead atoms. The molecule has 2 atom stereocenters. The summed E-state index contributed by atoms with van der Waals surface area (Å²) in [5, 5.41) is 3.13. The normalized spacial score (nSPS) is 23.2. The number of hydrogen-bond donors (Lipinski definition) is 3. The molecule has 0 radical (unpaired) electrons. The standard InChI is InChI=1S/C19H31FN4O/c1-4-5-6-11-24(12-16-7-9-17(20)10-8-16)13-18(25)21-19-14(2)22-23-15(19)3/h7-10,14-15,19,22-23H,4-6,11-13H2,1-3H3,(H,21,25). The number of nitrogens with one attached hydrogen (secondary N) is 3. The van der Waals surface area contributed by atoms with E-state index in [-0.39, 0.29) is 29.8 Å². The Hall–Kier alpha value is -1.50. The molecule has 6 heteroatoms. The molecule has 2 rings (SSSR count). The largest absolute Gasteiger partial charge is 0.349 e. The van der Waals surface area contributed by atoms with Crippen LogP contribution in [-0.4, -0.2) is 42.0 Å². The average molecular weight is 350 g/mol. The van der Waals surface area contributed by atoms with Gasteiger partial charge < -0.3 is 5.32 Å². The number of halogens is 1. The molecule has 140 valence electrons. The predicted molar refractivity (Wildman–Crippen MR) is 98.3 cm³/mol. The number of nitrogens with zero attached hydrogens (tertiary/aromatic N) is 1. The van der Waals surface area contributed by atoms with Gasteiger partial charge in [-0.25, -0.2) is 4.39 Å². The van der Waals surface area contributed by atoms with Gasteiger partial charge in [-0.15, -0.1) is 0 Å². The van der Waals surface area contributed by atoms with E-state index in [0.29, 0.717) is 13.1 Å². The number of carbonyl (C=O) groups excluding carboxylic acids is 1. The van der Waals surface area contributed by atoms with Gasteiger partial charge in [0.2, 0.25) is 5.91 Å². The van der Waals surface area contributed by atoms with E-state index in [2.05, 4.69) is 41.8 Å². The highest BCUT2D eigenvalue weighted by Gasteiger charge is 2.31. The third kappa shape index (κ3) is 6.38. The highest BCUT2D eigenvalue weighted by Crippen LogP contribution is 2.09. The topological polar surface area (TPSA) is 56.4 Å². The Morgan fingerprint density at radius 1 is 1.16 bits per heavy atom. The molecule has 3 N–H and O–H groups in total. The fourth-order valence-corrected chi connectivity index (χ4v) is 3.21. The quantitative estimate of drug-likeness (QED) is 0.598. The van der Waals surface area contributed by atoms with Gasteiger partial charge in [-0.05, 0) is 44.5 Å². The van der Waals surface area contributed by atoms with Crippen molar-refractivity contribution >= 4 is 5.91 Å². The van der Waals surface area contributed by atoms with E-state index in [1.54, 1.807) is 12.1 Å². The van der Waals surface area contributed by atoms with Gasteiger partial charge >= 0.3 is 0 Å². The summed E-state index contributed by atoms with van der Waals surface area (Å²) in [6, 6.07) is 6.99. The summed E-state index contributed by atoms with van der Waals surface area (Å²) in [5.41, 5.74) is 7.33. The average Bonchev–Trinajstić information content (AvgIpc) is 2.89. The molecular formula is C19H31FN4O. The molecule has 0 aliphatic carbocycles. The number of hydrogen-bond acceptors (Lipinski definition) is 4. The second kappa shape index (κ2) is 9.85. The van der Waals surface area contributed by atoms with E-state index in [1.807, 2.05) is 0 Å². The summed E-state index contributed by atoms with van der Waals surface area (Å²) < 4.78 is 13.1. The van der Waals surface area contributed by atoms with Crippen molar-refractivity contribution in [3.63, 3.8) is 0 Å². The zero-order valence-corrected chi connectivity index (χ0v) is 15.5. The fraction of sp³-hybridized carbons (Fsp3) is 0.632. The van der Waals surface area contributed by atoms with Crippen molar-refractivity contribution in [2.24, 2.45) is 0 Å². The molecule has 1 heterocycles. The van der Waals surface area contributed by atoms with E-state index in [9.17, 15) is 9.18 Å². The van der Waals surface area contributed by atoms with Crippen LogP contribution in [0, 0.1) is 5.82 Å². The maximum atomic E-state index is 13.1. The van der Waals surface area contributed by atoms with Crippen LogP contribution >= 0.6 is 0 Å². The Balaban J connectivity index is 1.92. The molecule has 0 aromatic heterocycles. The van der Waals surface area contributed by atoms with Crippen molar-refractivity contribution in [3.05, 3.63) is 35.6 Å². The van der Waals surface area contributed by atoms with Crippen LogP contribution in [0.5, 0.6) is 0 Å². The smallest absolute Gasteiger partial charge is 0.234 e. The summed E-state index contributed by atoms with van der Waals surface area (Å²) in [6.07, 6.45) is 3.35. The van der Waals surface area contributed by atoms with Gasteiger partial charge in [0, 0.05) is 18.6 Å². The summed E-state index contributed by atoms with van der Waals surface area (Å²) >= 11 is 0. The maximum Gasteiger partial charge on any atom is 0.234 e. The van der Waals surface area contributed by atoms with Crippen LogP contribution in [-0.2, 0) is 11.3 Å². The first-order chi connectivity index (χ1) is 12.0. The first-order valence-corrected chi connectivity index (χ1v) is 9.26. The molecule has 5 nitrogen and oxygen atoms in total. The van der Waals surface area contributed by atoms with Crippen LogP contribution in [0.3, 0.4) is 0 Å². The minimum atomic E-state index is -0.233. The minimum Gasteiger partial charge on any atom is -0.349 e. The highest BCUT2D eigenvalue weighted by atomic mass is 19.1. The zero-order chi connectivity index (χ0) is 18.2. The Morgan fingerprint density at radius 2 is 1.80 bits per heavy atom. The lowest BCUT2D eigenvalue weighted by Crippen LogP contribution is -2.49. The molecule has 2 unspecified atom stereocenters. The summed E-state index contributed by atoms with van der Waals surface area (Å²) in [6.45, 7) is 8.16. The second-order valence-corrected chi connectivity index (χ2v) is 7.00. The van der Waals surface area contributed by atoms with Crippen LogP contribution < -0.4 is 16.2 Å². The minimum absolute atomic E-state index is 0.0350. The fourth-order valence-electron chi connectivity index (χ4n) is 3.21. The van der Waals surface area contributed by atoms with Gasteiger partial charge in [0.15, 0.2) is 0 Å². The van der Waals surface area contributed by atoms with E-state index in [1.165, 1.54) is 12.1 Å². The molecule has 1 amide bonds. The first kappa shape index (κ1) is 19.8. The van der Waals surface area contributed by atoms with Gasteiger partial charge in [-0.3, -0.25) is 20.5 Å². The van der Waals surface area contributed by atoms with E-state index in [4.69, 9.17) is 0 Å². The second-order valence-electron chi connectivity index (χ2n) is 7.00. The van der Waals surface area contributed by atoms with Crippen molar-refractivity contribution in [1.29, 1.82) is 0 Å². The summed E-state index contributed by atoms with van der Waals surface area (Å²) in [5.74, 6) is -0.198. The number of hydrazine groups is 1. The van der Waals surface area contributed by atoms with E-state index >= 15 is 0 Å². The molecule has 1 saturated heterocycles. The van der Waals surface area contributed by atoms with Crippen LogP contribution in [0.2, 0.25) is 0 Å². The first-order valence-electron chi connectivity index (χ1n) is 9.26. The molecule has 1 aliphatic heterocycles. The summed E-state index contributed by atoms with van der Waals surface area (Å²) in [4.78, 5) is 14.7. The lowest BCUT2D eigenvalue weighted by molar-refractivity contribution is -0.123. The Labute approximate surface area is 150 Å². The molecule has 1 aromatic carbocycles. The number of carbonyl (C=O) groups is 1. The SMILES string of the molecule is CCCCCN(CC(=O)NC1C(C)NNC1C)Cc1ccc(F)cc1. The summed E-state index contributed by atoms with van der Waals surface area (Å²) in [7, 11) is 0. The monoisotopic (exact) mass is 350 g/mol. The number of rotatable bonds is 9. The number of amides is 1. The van der Waals surface area contributed by atoms with Gasteiger partial charge in [0.05, 0.1) is 12.6 Å². The van der Waals surface area contributed by atoms with Crippen molar-refractivity contribution in [2.45, 2.75) is 64.7 Å². The van der Waals surface area contributed by atoms with Crippen LogP contribution in [0.25, 0.3) is 0 Å². The van der Waals surface area contributed by atoms with Gasteiger partial charge in [-0.1, -0.05) is 31.9 Å². The van der Waals surface area contributed by atoms with Crippen LogP contribution in [0.4, 0.5) is 4.39 Å². The van der Waals surface area contributed by atoms with Gasteiger partial charge in [-0.2, -0.15) is 0 Å². The lowest BCUT2D eigenvalue weighted by atomic mass is 10.1. The highest BCUT2D eigenvalue weighted by molar-refractivity contribution is 5.78. The third-order valence-corrected chi connectivity index (χ3v) is 4.71. The van der Waals surface area contributed by atoms with Crippen molar-refractivity contribution in [3.8, 4) is 0 Å². The molecule has 1 aliphatic rings. The van der Waals surface area contributed by atoms with Crippen LogP contribution in [0.1, 0.15) is 45.6 Å². The van der Waals surface area contributed by atoms with Crippen molar-refractivity contribution in [2.75, 3.05) is 13.1 Å². The van der Waals surface area contributed by atoms with Crippen molar-refractivity contribution < 1.29 is 9.18 Å². The lowest BCUT2D eigenvalue weighted by Gasteiger charge is -2.25. The molecule has 1 fully saturated rings. The zero-order valence-electron chi connectivity index (χ0n) is 15.5. The Bertz CT molecular complexity index is 527. The Morgan fingerprint density at radius 3 is 2.40 bits per heavy atom. The predicted octanol–water partition coefficient (Wildman–Crippen LogP) is 2.19. The maximum absolute atomic E-state index is 13.1. The molecule has 25 heavy (non-hydrogen) atoms. The van der Waals surface area contributed by atoms with E-state index < -0.39 is 0 Å².